The lowest BCUT2D eigenvalue weighted by Crippen LogP contribution is -2.48. The van der Waals surface area contributed by atoms with Gasteiger partial charge in [-0.25, -0.2) is 0 Å². The molecule has 6 nitrogen and oxygen atoms in total. The maximum absolute atomic E-state index is 12.3. The van der Waals surface area contributed by atoms with Crippen LogP contribution in [0.3, 0.4) is 0 Å². The van der Waals surface area contributed by atoms with E-state index in [4.69, 9.17) is 9.47 Å². The molecule has 2 heterocycles. The second-order valence-electron chi connectivity index (χ2n) is 6.68. The number of nitrogens with zero attached hydrogens (tertiary/aromatic N) is 2. The minimum absolute atomic E-state index is 0.00538. The average Bonchev–Trinajstić information content (AvgIpc) is 3.23. The summed E-state index contributed by atoms with van der Waals surface area (Å²) in [5, 5.41) is 7.29. The third kappa shape index (κ3) is 5.69. The Morgan fingerprint density at radius 3 is 2.48 bits per heavy atom. The molecule has 1 aliphatic rings. The van der Waals surface area contributed by atoms with Gasteiger partial charge in [-0.2, -0.15) is 11.3 Å². The smallest absolute Gasteiger partial charge is 0.258 e. The summed E-state index contributed by atoms with van der Waals surface area (Å²) in [6.07, 6.45) is 0. The summed E-state index contributed by atoms with van der Waals surface area (Å²) in [6.45, 7) is 4.71. The lowest BCUT2D eigenvalue weighted by molar-refractivity contribution is -0.123. The molecule has 0 spiro atoms. The van der Waals surface area contributed by atoms with Crippen molar-refractivity contribution in [3.8, 4) is 11.5 Å². The molecule has 1 aliphatic heterocycles. The van der Waals surface area contributed by atoms with Gasteiger partial charge in [-0.3, -0.25) is 9.69 Å². The van der Waals surface area contributed by atoms with Crippen molar-refractivity contribution in [2.45, 2.75) is 6.04 Å². The predicted octanol–water partition coefficient (Wildman–Crippen LogP) is 2.24. The van der Waals surface area contributed by atoms with E-state index in [1.54, 1.807) is 30.6 Å². The number of thiophene rings is 1. The Kier molecular flexibility index (Phi) is 7.09. The molecular weight excluding hydrogens is 362 g/mol. The zero-order chi connectivity index (χ0) is 19.1. The highest BCUT2D eigenvalue weighted by Crippen LogP contribution is 2.23. The summed E-state index contributed by atoms with van der Waals surface area (Å²) in [6, 6.07) is 9.57. The van der Waals surface area contributed by atoms with Gasteiger partial charge in [0, 0.05) is 32.7 Å². The second kappa shape index (κ2) is 9.73. The van der Waals surface area contributed by atoms with Gasteiger partial charge in [-0.15, -0.1) is 0 Å². The number of carbonyl (C=O) groups excluding carboxylic acids is 1. The van der Waals surface area contributed by atoms with Crippen LogP contribution >= 0.6 is 11.3 Å². The molecule has 1 aromatic heterocycles. The van der Waals surface area contributed by atoms with Crippen molar-refractivity contribution < 1.29 is 14.3 Å². The fraction of sp³-hybridized carbons (Fsp3) is 0.450. The summed E-state index contributed by atoms with van der Waals surface area (Å²) in [4.78, 5) is 17.1. The number of amides is 1. The molecule has 1 fully saturated rings. The van der Waals surface area contributed by atoms with Crippen molar-refractivity contribution in [3.05, 3.63) is 46.7 Å². The van der Waals surface area contributed by atoms with Crippen LogP contribution in [0.1, 0.15) is 11.6 Å². The van der Waals surface area contributed by atoms with E-state index in [2.05, 4.69) is 39.0 Å². The number of hydrogen-bond donors (Lipinski definition) is 1. The lowest BCUT2D eigenvalue weighted by Gasteiger charge is -2.38. The van der Waals surface area contributed by atoms with Crippen molar-refractivity contribution in [3.63, 3.8) is 0 Å². The molecule has 146 valence electrons. The number of ether oxygens (including phenoxy) is 2. The Balaban J connectivity index is 1.51. The first-order valence-electron chi connectivity index (χ1n) is 9.14. The van der Waals surface area contributed by atoms with Crippen LogP contribution in [0.2, 0.25) is 0 Å². The quantitative estimate of drug-likeness (QED) is 0.750. The van der Waals surface area contributed by atoms with Gasteiger partial charge in [-0.05, 0) is 53.7 Å². The topological polar surface area (TPSA) is 54.0 Å². The van der Waals surface area contributed by atoms with Crippen LogP contribution in [0.25, 0.3) is 0 Å². The Hall–Kier alpha value is -2.09. The number of rotatable bonds is 8. The minimum Gasteiger partial charge on any atom is -0.497 e. The molecule has 3 rings (SSSR count). The average molecular weight is 390 g/mol. The van der Waals surface area contributed by atoms with E-state index < -0.39 is 0 Å². The number of methoxy groups -OCH3 is 1. The zero-order valence-electron chi connectivity index (χ0n) is 15.9. The van der Waals surface area contributed by atoms with Crippen LogP contribution in [-0.4, -0.2) is 69.2 Å². The minimum atomic E-state index is -0.111. The molecule has 7 heteroatoms. The van der Waals surface area contributed by atoms with E-state index in [0.717, 1.165) is 31.9 Å². The molecule has 0 radical (unpaired) electrons. The number of piperazine rings is 1. The number of benzene rings is 1. The molecule has 1 N–H and O–H groups in total. The highest BCUT2D eigenvalue weighted by atomic mass is 32.1. The van der Waals surface area contributed by atoms with Crippen molar-refractivity contribution in [1.29, 1.82) is 0 Å². The van der Waals surface area contributed by atoms with Gasteiger partial charge in [0.25, 0.3) is 5.91 Å². The lowest BCUT2D eigenvalue weighted by atomic mass is 10.1. The third-order valence-corrected chi connectivity index (χ3v) is 5.53. The molecule has 1 atom stereocenters. The number of nitrogens with one attached hydrogen (secondary N) is 1. The van der Waals surface area contributed by atoms with Gasteiger partial charge in [-0.1, -0.05) is 0 Å². The van der Waals surface area contributed by atoms with Gasteiger partial charge in [0.05, 0.1) is 13.2 Å². The number of hydrogen-bond acceptors (Lipinski definition) is 6. The molecule has 1 amide bonds. The molecule has 2 aromatic rings. The third-order valence-electron chi connectivity index (χ3n) is 4.83. The van der Waals surface area contributed by atoms with Gasteiger partial charge in [0.15, 0.2) is 6.61 Å². The van der Waals surface area contributed by atoms with Crippen LogP contribution < -0.4 is 14.8 Å². The Labute approximate surface area is 164 Å². The highest BCUT2D eigenvalue weighted by molar-refractivity contribution is 7.07. The van der Waals surface area contributed by atoms with E-state index >= 15 is 0 Å². The van der Waals surface area contributed by atoms with Gasteiger partial charge < -0.3 is 19.7 Å². The Morgan fingerprint density at radius 2 is 1.85 bits per heavy atom. The molecule has 1 saturated heterocycles. The molecule has 0 saturated carbocycles. The Bertz CT molecular complexity index is 698. The molecule has 0 aliphatic carbocycles. The fourth-order valence-electron chi connectivity index (χ4n) is 3.14. The first kappa shape index (κ1) is 19.7. The van der Waals surface area contributed by atoms with Crippen LogP contribution in [-0.2, 0) is 4.79 Å². The van der Waals surface area contributed by atoms with Gasteiger partial charge in [0.1, 0.15) is 11.5 Å². The first-order valence-corrected chi connectivity index (χ1v) is 10.1. The van der Waals surface area contributed by atoms with Crippen LogP contribution in [0, 0.1) is 0 Å². The molecule has 1 unspecified atom stereocenters. The highest BCUT2D eigenvalue weighted by Gasteiger charge is 2.24. The predicted molar refractivity (Wildman–Crippen MR) is 108 cm³/mol. The van der Waals surface area contributed by atoms with E-state index in [1.165, 1.54) is 5.56 Å². The standard InChI is InChI=1S/C20H27N3O3S/c1-22-8-10-23(11-9-22)19(16-7-12-27-15-16)13-21-20(24)14-26-18-5-3-17(25-2)4-6-18/h3-7,12,15,19H,8-11,13-14H2,1-2H3,(H,21,24). The normalized spacial score (nSPS) is 16.7. The van der Waals surface area contributed by atoms with Crippen molar-refractivity contribution in [2.75, 3.05) is 53.5 Å². The molecule has 0 bridgehead atoms. The summed E-state index contributed by atoms with van der Waals surface area (Å²) in [5.74, 6) is 1.30. The van der Waals surface area contributed by atoms with Crippen molar-refractivity contribution in [2.24, 2.45) is 0 Å². The van der Waals surface area contributed by atoms with Crippen LogP contribution in [0.5, 0.6) is 11.5 Å². The fourth-order valence-corrected chi connectivity index (χ4v) is 3.85. The molecular formula is C20H27N3O3S. The second-order valence-corrected chi connectivity index (χ2v) is 7.46. The summed E-state index contributed by atoms with van der Waals surface area (Å²) < 4.78 is 10.7. The molecule has 1 aromatic carbocycles. The maximum Gasteiger partial charge on any atom is 0.258 e. The van der Waals surface area contributed by atoms with E-state index in [-0.39, 0.29) is 18.6 Å². The largest absolute Gasteiger partial charge is 0.497 e. The number of likely N-dealkylation sites (N-methyl/N-ethyl adjacent to an activating group) is 1. The van der Waals surface area contributed by atoms with E-state index in [9.17, 15) is 4.79 Å². The maximum atomic E-state index is 12.3. The summed E-state index contributed by atoms with van der Waals surface area (Å²) in [7, 11) is 3.77. The van der Waals surface area contributed by atoms with E-state index in [1.807, 2.05) is 12.1 Å². The van der Waals surface area contributed by atoms with Crippen LogP contribution in [0.4, 0.5) is 0 Å². The van der Waals surface area contributed by atoms with Gasteiger partial charge in [0.2, 0.25) is 0 Å². The van der Waals surface area contributed by atoms with Crippen molar-refractivity contribution in [1.82, 2.24) is 15.1 Å². The first-order chi connectivity index (χ1) is 13.2. The van der Waals surface area contributed by atoms with Crippen LogP contribution in [0.15, 0.2) is 41.1 Å². The monoisotopic (exact) mass is 389 g/mol. The zero-order valence-corrected chi connectivity index (χ0v) is 16.7. The van der Waals surface area contributed by atoms with E-state index in [0.29, 0.717) is 12.3 Å². The Morgan fingerprint density at radius 1 is 1.15 bits per heavy atom. The SMILES string of the molecule is COc1ccc(OCC(=O)NCC(c2ccsc2)N2CCN(C)CC2)cc1. The van der Waals surface area contributed by atoms with Crippen molar-refractivity contribution >= 4 is 17.2 Å². The summed E-state index contributed by atoms with van der Waals surface area (Å²) >= 11 is 1.69. The van der Waals surface area contributed by atoms with Gasteiger partial charge >= 0.3 is 0 Å². The number of carbonyl (C=O) groups is 1. The molecule has 27 heavy (non-hydrogen) atoms. The summed E-state index contributed by atoms with van der Waals surface area (Å²) in [5.41, 5.74) is 1.26.